The molecule has 1 aromatic carbocycles. The van der Waals surface area contributed by atoms with Crippen LogP contribution in [0.5, 0.6) is 0 Å². The zero-order valence-electron chi connectivity index (χ0n) is 10.4. The summed E-state index contributed by atoms with van der Waals surface area (Å²) in [6.07, 6.45) is 2.10. The van der Waals surface area contributed by atoms with Gasteiger partial charge in [-0.15, -0.1) is 0 Å². The molecule has 3 rings (SSSR count). The van der Waals surface area contributed by atoms with E-state index in [4.69, 9.17) is 17.0 Å². The van der Waals surface area contributed by atoms with Gasteiger partial charge in [-0.25, -0.2) is 8.42 Å². The highest BCUT2D eigenvalue weighted by Crippen LogP contribution is 2.28. The van der Waals surface area contributed by atoms with Crippen molar-refractivity contribution in [2.75, 3.05) is 19.5 Å². The first-order valence-electron chi connectivity index (χ1n) is 5.99. The molecule has 1 N–H and O–H groups in total. The molecule has 19 heavy (non-hydrogen) atoms. The monoisotopic (exact) mass is 298 g/mol. The fraction of sp³-hybridized carbons (Fsp3) is 0.417. The lowest BCUT2D eigenvalue weighted by Crippen LogP contribution is -2.08. The summed E-state index contributed by atoms with van der Waals surface area (Å²) in [7, 11) is -3.28. The van der Waals surface area contributed by atoms with Crippen molar-refractivity contribution in [3.05, 3.63) is 23.0 Å². The van der Waals surface area contributed by atoms with Crippen LogP contribution in [0, 0.1) is 4.77 Å². The van der Waals surface area contributed by atoms with E-state index in [9.17, 15) is 8.42 Å². The van der Waals surface area contributed by atoms with Crippen LogP contribution in [0.2, 0.25) is 0 Å². The highest BCUT2D eigenvalue weighted by atomic mass is 32.2. The quantitative estimate of drug-likeness (QED) is 0.862. The Balaban J connectivity index is 2.31. The zero-order valence-corrected chi connectivity index (χ0v) is 12.1. The molecule has 0 bridgehead atoms. The number of sulfone groups is 1. The van der Waals surface area contributed by atoms with Gasteiger partial charge in [0.2, 0.25) is 0 Å². The standard InChI is InChI=1S/C12H14N2O3S2/c1-19(15,16)10-4-2-3-9-11(10)13-12(18)14(9)8-5-6-17-7-8/h2-4,8H,5-7H2,1H3,(H,13,18). The van der Waals surface area contributed by atoms with Crippen molar-refractivity contribution in [1.29, 1.82) is 0 Å². The summed E-state index contributed by atoms with van der Waals surface area (Å²) in [5, 5.41) is 0. The van der Waals surface area contributed by atoms with E-state index in [-0.39, 0.29) is 10.9 Å². The number of para-hydroxylation sites is 1. The number of fused-ring (bicyclic) bond motifs is 1. The van der Waals surface area contributed by atoms with Crippen LogP contribution in [0.3, 0.4) is 0 Å². The number of benzene rings is 1. The highest BCUT2D eigenvalue weighted by molar-refractivity contribution is 7.91. The average molecular weight is 298 g/mol. The van der Waals surface area contributed by atoms with Crippen LogP contribution in [-0.2, 0) is 14.6 Å². The molecule has 1 atom stereocenters. The molecular formula is C12H14N2O3S2. The zero-order chi connectivity index (χ0) is 13.6. The number of imidazole rings is 1. The molecule has 1 unspecified atom stereocenters. The second-order valence-corrected chi connectivity index (χ2v) is 7.11. The van der Waals surface area contributed by atoms with Gasteiger partial charge in [0, 0.05) is 12.9 Å². The molecule has 0 aliphatic carbocycles. The summed E-state index contributed by atoms with van der Waals surface area (Å²) >= 11 is 5.33. The maximum absolute atomic E-state index is 11.8. The maximum Gasteiger partial charge on any atom is 0.178 e. The Morgan fingerprint density at radius 3 is 2.89 bits per heavy atom. The number of nitrogens with zero attached hydrogens (tertiary/aromatic N) is 1. The molecule has 1 fully saturated rings. The van der Waals surface area contributed by atoms with Gasteiger partial charge in [-0.05, 0) is 30.8 Å². The second kappa shape index (κ2) is 4.43. The third-order valence-electron chi connectivity index (χ3n) is 3.38. The number of aromatic nitrogens is 2. The predicted octanol–water partition coefficient (Wildman–Crippen LogP) is 2.06. The van der Waals surface area contributed by atoms with Crippen molar-refractivity contribution < 1.29 is 13.2 Å². The highest BCUT2D eigenvalue weighted by Gasteiger charge is 2.22. The van der Waals surface area contributed by atoms with Crippen molar-refractivity contribution in [2.45, 2.75) is 17.4 Å². The Hall–Kier alpha value is -1.18. The minimum absolute atomic E-state index is 0.177. The Kier molecular flexibility index (Phi) is 2.99. The molecular weight excluding hydrogens is 284 g/mol. The average Bonchev–Trinajstić information content (AvgIpc) is 2.92. The van der Waals surface area contributed by atoms with Crippen LogP contribution in [-0.4, -0.2) is 37.4 Å². The van der Waals surface area contributed by atoms with Crippen molar-refractivity contribution in [3.8, 4) is 0 Å². The molecule has 0 radical (unpaired) electrons. The van der Waals surface area contributed by atoms with E-state index in [1.165, 1.54) is 6.26 Å². The van der Waals surface area contributed by atoms with Crippen molar-refractivity contribution >= 4 is 33.1 Å². The summed E-state index contributed by atoms with van der Waals surface area (Å²) in [4.78, 5) is 3.31. The first-order valence-corrected chi connectivity index (χ1v) is 8.29. The van der Waals surface area contributed by atoms with Crippen LogP contribution < -0.4 is 0 Å². The molecule has 1 aliphatic rings. The van der Waals surface area contributed by atoms with Gasteiger partial charge in [-0.2, -0.15) is 0 Å². The first kappa shape index (κ1) is 12.8. The van der Waals surface area contributed by atoms with Crippen molar-refractivity contribution in [2.24, 2.45) is 0 Å². The molecule has 0 spiro atoms. The van der Waals surface area contributed by atoms with Crippen molar-refractivity contribution in [3.63, 3.8) is 0 Å². The summed E-state index contributed by atoms with van der Waals surface area (Å²) in [5.41, 5.74) is 1.41. The molecule has 0 saturated carbocycles. The number of nitrogens with one attached hydrogen (secondary N) is 1. The second-order valence-electron chi connectivity index (χ2n) is 4.74. The van der Waals surface area contributed by atoms with Crippen LogP contribution in [0.1, 0.15) is 12.5 Å². The minimum Gasteiger partial charge on any atom is -0.379 e. The molecule has 5 nitrogen and oxygen atoms in total. The molecule has 1 aromatic heterocycles. The number of aromatic amines is 1. The number of rotatable bonds is 2. The third-order valence-corrected chi connectivity index (χ3v) is 4.82. The van der Waals surface area contributed by atoms with E-state index in [0.717, 1.165) is 11.9 Å². The fourth-order valence-electron chi connectivity index (χ4n) is 2.52. The van der Waals surface area contributed by atoms with Gasteiger partial charge in [0.15, 0.2) is 14.6 Å². The van der Waals surface area contributed by atoms with E-state index in [1.807, 2.05) is 10.6 Å². The van der Waals surface area contributed by atoms with E-state index in [2.05, 4.69) is 4.98 Å². The van der Waals surface area contributed by atoms with Gasteiger partial charge in [0.25, 0.3) is 0 Å². The normalized spacial score (nSPS) is 20.2. The molecule has 1 saturated heterocycles. The molecule has 7 heteroatoms. The van der Waals surface area contributed by atoms with Crippen LogP contribution >= 0.6 is 12.2 Å². The van der Waals surface area contributed by atoms with E-state index >= 15 is 0 Å². The SMILES string of the molecule is CS(=O)(=O)c1cccc2c1[nH]c(=S)n2C1CCOC1. The summed E-state index contributed by atoms with van der Waals surface area (Å²) < 4.78 is 31.5. The third kappa shape index (κ3) is 2.11. The number of ether oxygens (including phenoxy) is 1. The number of hydrogen-bond acceptors (Lipinski definition) is 4. The lowest BCUT2D eigenvalue weighted by atomic mass is 10.2. The molecule has 0 amide bonds. The van der Waals surface area contributed by atoms with Gasteiger partial charge < -0.3 is 14.3 Å². The Morgan fingerprint density at radius 1 is 1.47 bits per heavy atom. The van der Waals surface area contributed by atoms with Crippen molar-refractivity contribution in [1.82, 2.24) is 9.55 Å². The minimum atomic E-state index is -3.28. The van der Waals surface area contributed by atoms with E-state index in [0.29, 0.717) is 23.5 Å². The Labute approximate surface area is 116 Å². The molecule has 1 aliphatic heterocycles. The van der Waals surface area contributed by atoms with Crippen LogP contribution in [0.15, 0.2) is 23.1 Å². The topological polar surface area (TPSA) is 64.1 Å². The van der Waals surface area contributed by atoms with E-state index < -0.39 is 9.84 Å². The van der Waals surface area contributed by atoms with E-state index in [1.54, 1.807) is 12.1 Å². The lowest BCUT2D eigenvalue weighted by Gasteiger charge is -2.11. The lowest BCUT2D eigenvalue weighted by molar-refractivity contribution is 0.187. The van der Waals surface area contributed by atoms with Crippen LogP contribution in [0.25, 0.3) is 11.0 Å². The summed E-state index contributed by atoms with van der Waals surface area (Å²) in [5.74, 6) is 0. The number of hydrogen-bond donors (Lipinski definition) is 1. The molecule has 2 aromatic rings. The summed E-state index contributed by atoms with van der Waals surface area (Å²) in [6, 6.07) is 5.40. The Morgan fingerprint density at radius 2 is 2.26 bits per heavy atom. The van der Waals surface area contributed by atoms with Gasteiger partial charge in [-0.3, -0.25) is 0 Å². The predicted molar refractivity (Wildman–Crippen MR) is 74.7 cm³/mol. The first-order chi connectivity index (χ1) is 8.98. The van der Waals surface area contributed by atoms with Gasteiger partial charge >= 0.3 is 0 Å². The van der Waals surface area contributed by atoms with Crippen LogP contribution in [0.4, 0.5) is 0 Å². The van der Waals surface area contributed by atoms with Gasteiger partial charge in [-0.1, -0.05) is 6.07 Å². The largest absolute Gasteiger partial charge is 0.379 e. The number of H-pyrrole nitrogens is 1. The summed E-state index contributed by atoms with van der Waals surface area (Å²) in [6.45, 7) is 1.33. The maximum atomic E-state index is 11.8. The van der Waals surface area contributed by atoms with Gasteiger partial charge in [0.05, 0.1) is 28.6 Å². The fourth-order valence-corrected chi connectivity index (χ4v) is 3.72. The van der Waals surface area contributed by atoms with Gasteiger partial charge in [0.1, 0.15) is 0 Å². The Bertz CT molecular complexity index is 783. The smallest absolute Gasteiger partial charge is 0.178 e. The molecule has 2 heterocycles. The molecule has 102 valence electrons.